The lowest BCUT2D eigenvalue weighted by Crippen LogP contribution is -2.45. The van der Waals surface area contributed by atoms with Crippen molar-refractivity contribution in [3.05, 3.63) is 46.8 Å². The highest BCUT2D eigenvalue weighted by atomic mass is 16.5. The maximum Gasteiger partial charge on any atom is 0.269 e. The van der Waals surface area contributed by atoms with Crippen LogP contribution in [0.5, 0.6) is 0 Å². The molecule has 2 aromatic rings. The van der Waals surface area contributed by atoms with Crippen LogP contribution in [0.2, 0.25) is 0 Å². The number of hydrogen-bond acceptors (Lipinski definition) is 5. The van der Waals surface area contributed by atoms with Crippen molar-refractivity contribution in [3.8, 4) is 0 Å². The van der Waals surface area contributed by atoms with E-state index in [0.29, 0.717) is 12.2 Å². The summed E-state index contributed by atoms with van der Waals surface area (Å²) < 4.78 is 8.16. The molecule has 3 aliphatic heterocycles. The molecule has 7 heteroatoms. The fraction of sp³-hybridized carbons (Fsp3) is 0.615. The summed E-state index contributed by atoms with van der Waals surface area (Å²) in [6.07, 6.45) is 6.81. The Morgan fingerprint density at radius 1 is 1.18 bits per heavy atom. The summed E-state index contributed by atoms with van der Waals surface area (Å²) >= 11 is 0. The molecular weight excluding hydrogens is 414 g/mol. The average molecular weight is 452 g/mol. The van der Waals surface area contributed by atoms with Crippen LogP contribution in [0, 0.1) is 6.92 Å². The molecular formula is C26H37N5O2. The first kappa shape index (κ1) is 22.4. The van der Waals surface area contributed by atoms with Crippen LogP contribution in [0.4, 0.5) is 5.69 Å². The maximum atomic E-state index is 12.5. The Balaban J connectivity index is 1.10. The van der Waals surface area contributed by atoms with Crippen molar-refractivity contribution in [2.24, 2.45) is 7.05 Å². The van der Waals surface area contributed by atoms with Gasteiger partial charge in [-0.3, -0.25) is 14.4 Å². The predicted octanol–water partition coefficient (Wildman–Crippen LogP) is 3.05. The van der Waals surface area contributed by atoms with E-state index in [-0.39, 0.29) is 17.6 Å². The molecule has 3 aliphatic rings. The number of rotatable bonds is 5. The molecule has 0 aliphatic carbocycles. The van der Waals surface area contributed by atoms with Gasteiger partial charge in [0.2, 0.25) is 0 Å². The first-order valence-electron chi connectivity index (χ1n) is 12.4. The van der Waals surface area contributed by atoms with E-state index in [4.69, 9.17) is 4.74 Å². The lowest BCUT2D eigenvalue weighted by Gasteiger charge is -2.39. The van der Waals surface area contributed by atoms with Crippen molar-refractivity contribution in [3.63, 3.8) is 0 Å². The molecule has 1 N–H and O–H groups in total. The van der Waals surface area contributed by atoms with Crippen LogP contribution in [-0.4, -0.2) is 65.5 Å². The van der Waals surface area contributed by atoms with Gasteiger partial charge in [0.25, 0.3) is 5.91 Å². The van der Waals surface area contributed by atoms with Gasteiger partial charge in [0.15, 0.2) is 0 Å². The van der Waals surface area contributed by atoms with Gasteiger partial charge < -0.3 is 15.0 Å². The Morgan fingerprint density at radius 3 is 2.76 bits per heavy atom. The molecule has 4 heterocycles. The van der Waals surface area contributed by atoms with E-state index >= 15 is 0 Å². The van der Waals surface area contributed by atoms with Gasteiger partial charge in [0.1, 0.15) is 5.69 Å². The Bertz CT molecular complexity index is 1010. The summed E-state index contributed by atoms with van der Waals surface area (Å²) in [5.74, 6) is -0.0753. The molecule has 0 radical (unpaired) electrons. The van der Waals surface area contributed by atoms with Gasteiger partial charge in [-0.1, -0.05) is 12.1 Å². The van der Waals surface area contributed by atoms with E-state index < -0.39 is 0 Å². The van der Waals surface area contributed by atoms with Gasteiger partial charge >= 0.3 is 0 Å². The molecule has 1 atom stereocenters. The molecule has 0 saturated carbocycles. The molecule has 1 aromatic carbocycles. The number of carbonyl (C=O) groups excluding carboxylic acids is 1. The van der Waals surface area contributed by atoms with Crippen LogP contribution >= 0.6 is 0 Å². The molecule has 33 heavy (non-hydrogen) atoms. The van der Waals surface area contributed by atoms with Crippen molar-refractivity contribution in [2.75, 3.05) is 38.1 Å². The summed E-state index contributed by atoms with van der Waals surface area (Å²) in [5.41, 5.74) is 5.78. The van der Waals surface area contributed by atoms with E-state index in [1.54, 1.807) is 11.7 Å². The van der Waals surface area contributed by atoms with Crippen molar-refractivity contribution in [1.82, 2.24) is 20.0 Å². The number of ether oxygens (including phenoxy) is 1. The molecule has 7 nitrogen and oxygen atoms in total. The summed E-state index contributed by atoms with van der Waals surface area (Å²) in [7, 11) is 4.00. The van der Waals surface area contributed by atoms with Gasteiger partial charge in [0.05, 0.1) is 17.4 Å². The zero-order chi connectivity index (χ0) is 23.0. The molecule has 5 rings (SSSR count). The smallest absolute Gasteiger partial charge is 0.269 e. The number of benzene rings is 1. The molecule has 2 fully saturated rings. The van der Waals surface area contributed by atoms with Crippen LogP contribution in [0.1, 0.15) is 59.4 Å². The van der Waals surface area contributed by atoms with Gasteiger partial charge in [-0.15, -0.1) is 0 Å². The van der Waals surface area contributed by atoms with Gasteiger partial charge in [-0.2, -0.15) is 5.10 Å². The van der Waals surface area contributed by atoms with E-state index in [2.05, 4.69) is 45.5 Å². The number of piperidine rings is 1. The van der Waals surface area contributed by atoms with Crippen LogP contribution < -0.4 is 10.2 Å². The summed E-state index contributed by atoms with van der Waals surface area (Å²) in [4.78, 5) is 17.4. The van der Waals surface area contributed by atoms with E-state index in [9.17, 15) is 4.79 Å². The summed E-state index contributed by atoms with van der Waals surface area (Å²) in [6.45, 7) is 6.80. The number of fused-ring (bicyclic) bond motifs is 1. The van der Waals surface area contributed by atoms with E-state index in [1.807, 2.05) is 13.0 Å². The molecule has 1 aromatic heterocycles. The van der Waals surface area contributed by atoms with Crippen LogP contribution in [-0.2, 0) is 24.8 Å². The van der Waals surface area contributed by atoms with Gasteiger partial charge in [-0.05, 0) is 68.7 Å². The second kappa shape index (κ2) is 9.11. The first-order chi connectivity index (χ1) is 15.9. The standard InChI is InChI=1S/C26H37N5O2/c1-19-15-24(30(3)28-19)25(32)27-17-22-8-9-26(33-22)10-13-31(14-11-26)18-20-6-7-23-21(16-20)5-4-12-29(23)2/h6-7,15-16,22H,4-5,8-14,17-18H2,1-3H3,(H,27,32)/t22-/m1/s1. The molecule has 0 unspecified atom stereocenters. The van der Waals surface area contributed by atoms with E-state index in [0.717, 1.165) is 57.6 Å². The zero-order valence-corrected chi connectivity index (χ0v) is 20.3. The number of aromatic nitrogens is 2. The minimum atomic E-state index is -0.0753. The lowest BCUT2D eigenvalue weighted by molar-refractivity contribution is -0.0764. The van der Waals surface area contributed by atoms with Gasteiger partial charge in [0, 0.05) is 52.5 Å². The first-order valence-corrected chi connectivity index (χ1v) is 12.4. The number of hydrogen-bond donors (Lipinski definition) is 1. The average Bonchev–Trinajstić information content (AvgIpc) is 3.36. The Morgan fingerprint density at radius 2 is 2.00 bits per heavy atom. The fourth-order valence-corrected chi connectivity index (χ4v) is 5.84. The minimum absolute atomic E-state index is 0.00637. The third-order valence-corrected chi connectivity index (χ3v) is 7.73. The Labute approximate surface area is 197 Å². The summed E-state index contributed by atoms with van der Waals surface area (Å²) in [5, 5.41) is 7.31. The number of carbonyl (C=O) groups is 1. The predicted molar refractivity (Wildman–Crippen MR) is 130 cm³/mol. The third-order valence-electron chi connectivity index (χ3n) is 7.73. The third kappa shape index (κ3) is 4.80. The van der Waals surface area contributed by atoms with Crippen LogP contribution in [0.15, 0.2) is 24.3 Å². The molecule has 2 saturated heterocycles. The number of amides is 1. The highest BCUT2D eigenvalue weighted by Crippen LogP contribution is 2.39. The van der Waals surface area contributed by atoms with Crippen molar-refractivity contribution >= 4 is 11.6 Å². The fourth-order valence-electron chi connectivity index (χ4n) is 5.84. The zero-order valence-electron chi connectivity index (χ0n) is 20.3. The maximum absolute atomic E-state index is 12.5. The van der Waals surface area contributed by atoms with Gasteiger partial charge in [-0.25, -0.2) is 0 Å². The molecule has 1 amide bonds. The monoisotopic (exact) mass is 451 g/mol. The van der Waals surface area contributed by atoms with Crippen molar-refractivity contribution in [1.29, 1.82) is 0 Å². The molecule has 1 spiro atoms. The van der Waals surface area contributed by atoms with Crippen molar-refractivity contribution < 1.29 is 9.53 Å². The molecule has 178 valence electrons. The quantitative estimate of drug-likeness (QED) is 0.757. The second-order valence-electron chi connectivity index (χ2n) is 10.2. The Kier molecular flexibility index (Phi) is 6.18. The topological polar surface area (TPSA) is 62.6 Å². The minimum Gasteiger partial charge on any atom is -0.374 e. The number of likely N-dealkylation sites (tertiary alicyclic amines) is 1. The summed E-state index contributed by atoms with van der Waals surface area (Å²) in [6, 6.07) is 8.85. The van der Waals surface area contributed by atoms with Crippen LogP contribution in [0.25, 0.3) is 0 Å². The largest absolute Gasteiger partial charge is 0.374 e. The Hall–Kier alpha value is -2.38. The van der Waals surface area contributed by atoms with Crippen molar-refractivity contribution in [2.45, 2.75) is 63.7 Å². The normalized spacial score (nSPS) is 22.5. The number of nitrogens with zero attached hydrogens (tertiary/aromatic N) is 4. The number of nitrogens with one attached hydrogen (secondary N) is 1. The SMILES string of the molecule is Cc1cc(C(=O)NC[C@H]2CCC3(CCN(Cc4ccc5c(c4)CCCN5C)CC3)O2)n(C)n1. The number of anilines is 1. The van der Waals surface area contributed by atoms with E-state index in [1.165, 1.54) is 29.7 Å². The van der Waals surface area contributed by atoms with Crippen LogP contribution in [0.3, 0.4) is 0 Å². The highest BCUT2D eigenvalue weighted by Gasteiger charge is 2.42. The number of aryl methyl sites for hydroxylation is 3. The second-order valence-corrected chi connectivity index (χ2v) is 10.2. The molecule has 0 bridgehead atoms. The lowest BCUT2D eigenvalue weighted by atomic mass is 9.88. The highest BCUT2D eigenvalue weighted by molar-refractivity contribution is 5.92.